The lowest BCUT2D eigenvalue weighted by Gasteiger charge is -1.99. The van der Waals surface area contributed by atoms with Gasteiger partial charge in [-0.1, -0.05) is 0 Å². The summed E-state index contributed by atoms with van der Waals surface area (Å²) in [6.07, 6.45) is 0. The van der Waals surface area contributed by atoms with Gasteiger partial charge in [0, 0.05) is 5.56 Å². The maximum atomic E-state index is 12.3. The summed E-state index contributed by atoms with van der Waals surface area (Å²) in [6.45, 7) is 0. The molecule has 0 amide bonds. The van der Waals surface area contributed by atoms with Gasteiger partial charge in [0.2, 0.25) is 5.78 Å². The van der Waals surface area contributed by atoms with E-state index in [0.29, 0.717) is 0 Å². The zero-order valence-electron chi connectivity index (χ0n) is 5.91. The highest BCUT2D eigenvalue weighted by Crippen LogP contribution is 2.02. The first-order valence-electron chi connectivity index (χ1n) is 3.12. The first-order chi connectivity index (χ1) is 5.61. The number of rotatable bonds is 2. The Morgan fingerprint density at radius 2 is 1.67 bits per heavy atom. The maximum absolute atomic E-state index is 12.3. The SMILES string of the molecule is O=C([O-])C(=O)c1ccc(F)cc1. The minimum absolute atomic E-state index is 0.0867. The van der Waals surface area contributed by atoms with Crippen molar-refractivity contribution >= 4 is 11.8 Å². The molecule has 0 aliphatic rings. The highest BCUT2D eigenvalue weighted by Gasteiger charge is 2.05. The van der Waals surface area contributed by atoms with Crippen LogP contribution in [0, 0.1) is 5.82 Å². The summed E-state index contributed by atoms with van der Waals surface area (Å²) < 4.78 is 12.3. The van der Waals surface area contributed by atoms with Gasteiger partial charge < -0.3 is 9.90 Å². The number of hydrogen-bond acceptors (Lipinski definition) is 3. The van der Waals surface area contributed by atoms with E-state index in [-0.39, 0.29) is 5.56 Å². The molecular formula is C8H4FO3-. The Labute approximate surface area is 67.4 Å². The van der Waals surface area contributed by atoms with E-state index in [1.165, 1.54) is 0 Å². The number of ketones is 1. The molecule has 0 N–H and O–H groups in total. The van der Waals surface area contributed by atoms with E-state index in [1.54, 1.807) is 0 Å². The Morgan fingerprint density at radius 3 is 2.08 bits per heavy atom. The molecule has 3 nitrogen and oxygen atoms in total. The van der Waals surface area contributed by atoms with Crippen molar-refractivity contribution in [1.82, 2.24) is 0 Å². The van der Waals surface area contributed by atoms with E-state index < -0.39 is 17.6 Å². The van der Waals surface area contributed by atoms with Gasteiger partial charge in [0.15, 0.2) is 0 Å². The van der Waals surface area contributed by atoms with Crippen LogP contribution in [-0.2, 0) is 4.79 Å². The molecule has 0 aliphatic heterocycles. The lowest BCUT2D eigenvalue weighted by molar-refractivity contribution is -0.296. The average Bonchev–Trinajstić information content (AvgIpc) is 2.04. The molecule has 12 heavy (non-hydrogen) atoms. The molecule has 0 radical (unpaired) electrons. The summed E-state index contributed by atoms with van der Waals surface area (Å²) in [7, 11) is 0. The third-order valence-corrected chi connectivity index (χ3v) is 1.29. The van der Waals surface area contributed by atoms with Gasteiger partial charge in [-0.15, -0.1) is 0 Å². The molecule has 4 heteroatoms. The molecule has 1 rings (SSSR count). The van der Waals surface area contributed by atoms with Gasteiger partial charge in [0.1, 0.15) is 11.8 Å². The fourth-order valence-corrected chi connectivity index (χ4v) is 0.719. The van der Waals surface area contributed by atoms with E-state index in [0.717, 1.165) is 24.3 Å². The molecule has 0 spiro atoms. The van der Waals surface area contributed by atoms with Gasteiger partial charge in [-0.2, -0.15) is 0 Å². The van der Waals surface area contributed by atoms with Crippen LogP contribution in [0.25, 0.3) is 0 Å². The number of carbonyl (C=O) groups is 2. The van der Waals surface area contributed by atoms with Crippen molar-refractivity contribution in [2.45, 2.75) is 0 Å². The fourth-order valence-electron chi connectivity index (χ4n) is 0.719. The predicted octanol–water partition coefficient (Wildman–Crippen LogP) is -0.242. The molecule has 0 atom stereocenters. The fraction of sp³-hybridized carbons (Fsp3) is 0. The van der Waals surface area contributed by atoms with Gasteiger partial charge >= 0.3 is 0 Å². The first kappa shape index (κ1) is 8.39. The standard InChI is InChI=1S/C8H5FO3/c9-6-3-1-5(2-4-6)7(10)8(11)12/h1-4H,(H,11,12)/p-1. The number of carboxylic acid groups (broad SMARTS) is 1. The molecule has 1 aromatic rings. The van der Waals surface area contributed by atoms with E-state index in [9.17, 15) is 19.1 Å². The summed E-state index contributed by atoms with van der Waals surface area (Å²) in [6, 6.07) is 4.20. The molecule has 0 aliphatic carbocycles. The van der Waals surface area contributed by atoms with Crippen molar-refractivity contribution in [3.8, 4) is 0 Å². The first-order valence-corrected chi connectivity index (χ1v) is 3.12. The van der Waals surface area contributed by atoms with Gasteiger partial charge in [0.05, 0.1) is 0 Å². The molecule has 0 saturated carbocycles. The largest absolute Gasteiger partial charge is 0.541 e. The van der Waals surface area contributed by atoms with Crippen LogP contribution in [0.1, 0.15) is 10.4 Å². The molecule has 0 bridgehead atoms. The zero-order valence-corrected chi connectivity index (χ0v) is 5.91. The number of aliphatic carboxylic acids is 1. The topological polar surface area (TPSA) is 57.2 Å². The number of halogens is 1. The second-order valence-electron chi connectivity index (χ2n) is 2.12. The van der Waals surface area contributed by atoms with Crippen molar-refractivity contribution in [1.29, 1.82) is 0 Å². The minimum atomic E-state index is -1.79. The van der Waals surface area contributed by atoms with Crippen molar-refractivity contribution in [3.63, 3.8) is 0 Å². The van der Waals surface area contributed by atoms with Crippen LogP contribution < -0.4 is 5.11 Å². The summed E-state index contributed by atoms with van der Waals surface area (Å²) in [5.74, 6) is -3.46. The number of carboxylic acids is 1. The van der Waals surface area contributed by atoms with Gasteiger partial charge in [0.25, 0.3) is 0 Å². The van der Waals surface area contributed by atoms with Crippen LogP contribution in [0.2, 0.25) is 0 Å². The molecule has 62 valence electrons. The highest BCUT2D eigenvalue weighted by molar-refractivity contribution is 6.38. The Bertz CT molecular complexity index is 316. The maximum Gasteiger partial charge on any atom is 0.208 e. The van der Waals surface area contributed by atoms with Crippen molar-refractivity contribution < 1.29 is 19.1 Å². The molecule has 0 aromatic heterocycles. The summed E-state index contributed by atoms with van der Waals surface area (Å²) in [5.41, 5.74) is -0.0867. The third kappa shape index (κ3) is 1.66. The minimum Gasteiger partial charge on any atom is -0.541 e. The Hall–Kier alpha value is -1.71. The van der Waals surface area contributed by atoms with Crippen LogP contribution in [0.15, 0.2) is 24.3 Å². The van der Waals surface area contributed by atoms with Crippen LogP contribution in [0.5, 0.6) is 0 Å². The quantitative estimate of drug-likeness (QED) is 0.451. The normalized spacial score (nSPS) is 9.42. The monoisotopic (exact) mass is 167 g/mol. The van der Waals surface area contributed by atoms with E-state index in [4.69, 9.17) is 0 Å². The highest BCUT2D eigenvalue weighted by atomic mass is 19.1. The van der Waals surface area contributed by atoms with Gasteiger partial charge in [-0.3, -0.25) is 4.79 Å². The van der Waals surface area contributed by atoms with E-state index >= 15 is 0 Å². The Balaban J connectivity index is 2.98. The van der Waals surface area contributed by atoms with Crippen LogP contribution in [0.4, 0.5) is 4.39 Å². The van der Waals surface area contributed by atoms with E-state index in [2.05, 4.69) is 0 Å². The number of benzene rings is 1. The van der Waals surface area contributed by atoms with Crippen molar-refractivity contribution in [2.75, 3.05) is 0 Å². The molecule has 0 unspecified atom stereocenters. The van der Waals surface area contributed by atoms with Crippen LogP contribution in [0.3, 0.4) is 0 Å². The lowest BCUT2D eigenvalue weighted by Crippen LogP contribution is -2.31. The lowest BCUT2D eigenvalue weighted by atomic mass is 10.1. The smallest absolute Gasteiger partial charge is 0.208 e. The van der Waals surface area contributed by atoms with Gasteiger partial charge in [-0.25, -0.2) is 4.39 Å². The van der Waals surface area contributed by atoms with Crippen molar-refractivity contribution in [2.24, 2.45) is 0 Å². The van der Waals surface area contributed by atoms with Crippen molar-refractivity contribution in [3.05, 3.63) is 35.6 Å². The summed E-state index contributed by atoms with van der Waals surface area (Å²) in [5, 5.41) is 10.0. The van der Waals surface area contributed by atoms with Gasteiger partial charge in [-0.05, 0) is 24.3 Å². The molecule has 0 heterocycles. The average molecular weight is 167 g/mol. The number of Topliss-reactive ketones (excluding diaryl/α,β-unsaturated/α-hetero) is 1. The number of hydrogen-bond donors (Lipinski definition) is 0. The summed E-state index contributed by atoms with van der Waals surface area (Å²) >= 11 is 0. The second-order valence-corrected chi connectivity index (χ2v) is 2.12. The molecule has 1 aromatic carbocycles. The Morgan fingerprint density at radius 1 is 1.17 bits per heavy atom. The zero-order chi connectivity index (χ0) is 9.14. The number of carbonyl (C=O) groups excluding carboxylic acids is 2. The van der Waals surface area contributed by atoms with Crippen LogP contribution >= 0.6 is 0 Å². The molecule has 0 saturated heterocycles. The molecule has 0 fully saturated rings. The summed E-state index contributed by atoms with van der Waals surface area (Å²) in [4.78, 5) is 20.7. The van der Waals surface area contributed by atoms with Crippen LogP contribution in [-0.4, -0.2) is 11.8 Å². The molecular weight excluding hydrogens is 163 g/mol. The predicted molar refractivity (Wildman–Crippen MR) is 35.7 cm³/mol. The Kier molecular flexibility index (Phi) is 2.19. The second kappa shape index (κ2) is 3.13. The third-order valence-electron chi connectivity index (χ3n) is 1.29. The van der Waals surface area contributed by atoms with E-state index in [1.807, 2.05) is 0 Å².